The largest absolute Gasteiger partial charge is 0.459 e. The Balaban J connectivity index is 2.10. The van der Waals surface area contributed by atoms with Gasteiger partial charge in [0.1, 0.15) is 18.9 Å². The monoisotopic (exact) mass is 536 g/mol. The Labute approximate surface area is 224 Å². The first-order valence-electron chi connectivity index (χ1n) is 12.7. The SMILES string of the molecule is C=CC(=O)OCCOC(=O)CON=C(c1ccc(SC)cc1)C(C)(CC)N1CCC(COOCC)CC1. The van der Waals surface area contributed by atoms with Crippen molar-refractivity contribution >= 4 is 29.4 Å². The molecule has 0 amide bonds. The van der Waals surface area contributed by atoms with Gasteiger partial charge < -0.3 is 14.3 Å². The van der Waals surface area contributed by atoms with Crippen LogP contribution < -0.4 is 0 Å². The number of piperidine rings is 1. The fourth-order valence-electron chi connectivity index (χ4n) is 4.12. The van der Waals surface area contributed by atoms with Gasteiger partial charge in [0.25, 0.3) is 0 Å². The minimum Gasteiger partial charge on any atom is -0.459 e. The minimum atomic E-state index is -0.594. The molecule has 0 saturated carbocycles. The average molecular weight is 537 g/mol. The molecule has 1 aliphatic heterocycles. The Kier molecular flexibility index (Phi) is 13.7. The summed E-state index contributed by atoms with van der Waals surface area (Å²) in [5.74, 6) is -0.718. The Morgan fingerprint density at radius 2 is 1.81 bits per heavy atom. The molecule has 1 fully saturated rings. The van der Waals surface area contributed by atoms with Crippen molar-refractivity contribution < 1.29 is 33.7 Å². The van der Waals surface area contributed by atoms with Gasteiger partial charge in [-0.25, -0.2) is 19.4 Å². The number of benzene rings is 1. The van der Waals surface area contributed by atoms with Crippen molar-refractivity contribution in [2.75, 3.05) is 52.4 Å². The summed E-state index contributed by atoms with van der Waals surface area (Å²) in [6.45, 7) is 12.0. The number of oxime groups is 1. The lowest BCUT2D eigenvalue weighted by atomic mass is 9.83. The third-order valence-corrected chi connectivity index (χ3v) is 7.22. The van der Waals surface area contributed by atoms with Gasteiger partial charge in [0.2, 0.25) is 6.61 Å². The maximum atomic E-state index is 12.1. The molecule has 2 rings (SSSR count). The van der Waals surface area contributed by atoms with Crippen LogP contribution in [0, 0.1) is 5.92 Å². The molecule has 1 unspecified atom stereocenters. The van der Waals surface area contributed by atoms with E-state index in [0.717, 1.165) is 54.6 Å². The van der Waals surface area contributed by atoms with Crippen molar-refractivity contribution in [1.82, 2.24) is 4.90 Å². The Hall–Kier alpha value is -2.40. The molecular weight excluding hydrogens is 496 g/mol. The van der Waals surface area contributed by atoms with Crippen LogP contribution in [0.25, 0.3) is 0 Å². The van der Waals surface area contributed by atoms with Crippen molar-refractivity contribution in [3.05, 3.63) is 42.5 Å². The van der Waals surface area contributed by atoms with Gasteiger partial charge in [0, 0.05) is 16.5 Å². The highest BCUT2D eigenvalue weighted by Gasteiger charge is 2.39. The molecule has 1 atom stereocenters. The molecule has 37 heavy (non-hydrogen) atoms. The summed E-state index contributed by atoms with van der Waals surface area (Å²) < 4.78 is 9.85. The van der Waals surface area contributed by atoms with Crippen LogP contribution in [0.2, 0.25) is 0 Å². The molecule has 1 aliphatic rings. The van der Waals surface area contributed by atoms with Crippen LogP contribution in [0.1, 0.15) is 45.6 Å². The number of esters is 2. The third kappa shape index (κ3) is 9.77. The number of hydrogen-bond acceptors (Lipinski definition) is 10. The lowest BCUT2D eigenvalue weighted by Crippen LogP contribution is -2.55. The second-order valence-electron chi connectivity index (χ2n) is 8.78. The number of likely N-dealkylation sites (tertiary alicyclic amines) is 1. The fourth-order valence-corrected chi connectivity index (χ4v) is 4.53. The first-order chi connectivity index (χ1) is 17.9. The van der Waals surface area contributed by atoms with E-state index in [2.05, 4.69) is 42.6 Å². The summed E-state index contributed by atoms with van der Waals surface area (Å²) in [5.41, 5.74) is 1.29. The molecule has 10 heteroatoms. The van der Waals surface area contributed by atoms with E-state index in [1.165, 1.54) is 0 Å². The maximum absolute atomic E-state index is 12.1. The van der Waals surface area contributed by atoms with Crippen molar-refractivity contribution in [1.29, 1.82) is 0 Å². The molecular formula is C27H40N2O7S. The first kappa shape index (κ1) is 30.8. The molecule has 0 N–H and O–H groups in total. The van der Waals surface area contributed by atoms with Crippen molar-refractivity contribution in [3.63, 3.8) is 0 Å². The fraction of sp³-hybridized carbons (Fsp3) is 0.593. The summed E-state index contributed by atoms with van der Waals surface area (Å²) in [7, 11) is 0. The number of ether oxygens (including phenoxy) is 2. The zero-order valence-electron chi connectivity index (χ0n) is 22.4. The highest BCUT2D eigenvalue weighted by atomic mass is 32.2. The van der Waals surface area contributed by atoms with Gasteiger partial charge in [-0.15, -0.1) is 11.8 Å². The standard InChI is InChI=1S/C27H40N2O7S/c1-6-24(30)32-17-18-33-25(31)20-34-28-26(22-9-11-23(37-5)12-10-22)27(4,7-2)29-15-13-21(14-16-29)19-36-35-8-3/h6,9-12,21H,1,7-8,13-20H2,2-5H3. The van der Waals surface area contributed by atoms with E-state index in [1.807, 2.05) is 25.3 Å². The minimum absolute atomic E-state index is 0.0492. The van der Waals surface area contributed by atoms with Gasteiger partial charge in [0.05, 0.1) is 18.8 Å². The Morgan fingerprint density at radius 1 is 1.14 bits per heavy atom. The van der Waals surface area contributed by atoms with Gasteiger partial charge in [0.15, 0.2) is 0 Å². The summed E-state index contributed by atoms with van der Waals surface area (Å²) in [5, 5.41) is 4.48. The van der Waals surface area contributed by atoms with E-state index in [4.69, 9.17) is 24.1 Å². The molecule has 0 bridgehead atoms. The second kappa shape index (κ2) is 16.4. The van der Waals surface area contributed by atoms with Crippen LogP contribution in [0.4, 0.5) is 0 Å². The van der Waals surface area contributed by atoms with Gasteiger partial charge in [-0.1, -0.05) is 30.8 Å². The van der Waals surface area contributed by atoms with Crippen LogP contribution in [0.15, 0.2) is 47.0 Å². The highest BCUT2D eigenvalue weighted by Crippen LogP contribution is 2.31. The van der Waals surface area contributed by atoms with Crippen LogP contribution in [0.3, 0.4) is 0 Å². The quantitative estimate of drug-likeness (QED) is 0.0584. The molecule has 1 aromatic carbocycles. The molecule has 206 valence electrons. The summed E-state index contributed by atoms with van der Waals surface area (Å²) in [4.78, 5) is 42.6. The number of hydrogen-bond donors (Lipinski definition) is 0. The van der Waals surface area contributed by atoms with E-state index < -0.39 is 17.5 Å². The molecule has 0 spiro atoms. The zero-order chi connectivity index (χ0) is 27.1. The van der Waals surface area contributed by atoms with Gasteiger partial charge in [-0.05, 0) is 70.5 Å². The topological polar surface area (TPSA) is 95.9 Å². The Morgan fingerprint density at radius 3 is 2.41 bits per heavy atom. The van der Waals surface area contributed by atoms with Crippen LogP contribution in [-0.2, 0) is 33.7 Å². The molecule has 1 heterocycles. The molecule has 9 nitrogen and oxygen atoms in total. The molecule has 0 radical (unpaired) electrons. The summed E-state index contributed by atoms with van der Waals surface area (Å²) in [6, 6.07) is 8.19. The van der Waals surface area contributed by atoms with Crippen LogP contribution in [-0.4, -0.2) is 80.5 Å². The van der Waals surface area contributed by atoms with Gasteiger partial charge in [-0.2, -0.15) is 0 Å². The predicted octanol–water partition coefficient (Wildman–Crippen LogP) is 4.25. The van der Waals surface area contributed by atoms with Crippen molar-refractivity contribution in [3.8, 4) is 0 Å². The lowest BCUT2D eigenvalue weighted by molar-refractivity contribution is -0.299. The number of thioether (sulfide) groups is 1. The van der Waals surface area contributed by atoms with E-state index in [9.17, 15) is 9.59 Å². The first-order valence-corrected chi connectivity index (χ1v) is 13.9. The number of carbonyl (C=O) groups excluding carboxylic acids is 2. The van der Waals surface area contributed by atoms with Crippen LogP contribution >= 0.6 is 11.8 Å². The number of nitrogens with zero attached hydrogens (tertiary/aromatic N) is 2. The van der Waals surface area contributed by atoms with E-state index >= 15 is 0 Å². The molecule has 1 aromatic rings. The molecule has 0 aliphatic carbocycles. The normalized spacial score (nSPS) is 16.6. The maximum Gasteiger partial charge on any atom is 0.347 e. The number of carbonyl (C=O) groups is 2. The van der Waals surface area contributed by atoms with Gasteiger partial charge >= 0.3 is 11.9 Å². The lowest BCUT2D eigenvalue weighted by Gasteiger charge is -2.45. The third-order valence-electron chi connectivity index (χ3n) is 6.48. The molecule has 0 aromatic heterocycles. The van der Waals surface area contributed by atoms with E-state index in [-0.39, 0.29) is 19.8 Å². The zero-order valence-corrected chi connectivity index (χ0v) is 23.2. The van der Waals surface area contributed by atoms with Crippen LogP contribution in [0.5, 0.6) is 0 Å². The highest BCUT2D eigenvalue weighted by molar-refractivity contribution is 7.98. The summed E-state index contributed by atoms with van der Waals surface area (Å²) >= 11 is 1.67. The van der Waals surface area contributed by atoms with E-state index in [1.54, 1.807) is 11.8 Å². The second-order valence-corrected chi connectivity index (χ2v) is 9.66. The van der Waals surface area contributed by atoms with Crippen molar-refractivity contribution in [2.45, 2.75) is 50.5 Å². The van der Waals surface area contributed by atoms with E-state index in [0.29, 0.717) is 19.1 Å². The molecule has 1 saturated heterocycles. The predicted molar refractivity (Wildman–Crippen MR) is 143 cm³/mol. The number of rotatable bonds is 16. The average Bonchev–Trinajstić information content (AvgIpc) is 2.93. The summed E-state index contributed by atoms with van der Waals surface area (Å²) in [6.07, 6.45) is 5.87. The van der Waals surface area contributed by atoms with Crippen molar-refractivity contribution in [2.24, 2.45) is 11.1 Å². The van der Waals surface area contributed by atoms with Gasteiger partial charge in [-0.3, -0.25) is 4.90 Å². The smallest absolute Gasteiger partial charge is 0.347 e. The Bertz CT molecular complexity index is 885.